The lowest BCUT2D eigenvalue weighted by Crippen LogP contribution is -2.40. The number of aromatic nitrogens is 2. The Morgan fingerprint density at radius 2 is 1.94 bits per heavy atom. The van der Waals surface area contributed by atoms with Crippen LogP contribution in [-0.2, 0) is 0 Å². The summed E-state index contributed by atoms with van der Waals surface area (Å²) in [6, 6.07) is 2.43. The van der Waals surface area contributed by atoms with Gasteiger partial charge in [-0.1, -0.05) is 6.42 Å². The van der Waals surface area contributed by atoms with E-state index in [4.69, 9.17) is 10.7 Å². The predicted octanol–water partition coefficient (Wildman–Crippen LogP) is 1.67. The Balaban J connectivity index is 1.73. The second-order valence-electron chi connectivity index (χ2n) is 5.23. The molecule has 2 N–H and O–H groups in total. The number of anilines is 1. The van der Waals surface area contributed by atoms with Crippen LogP contribution in [0, 0.1) is 0 Å². The van der Waals surface area contributed by atoms with Crippen LogP contribution in [0.3, 0.4) is 0 Å². The molecule has 1 aromatic rings. The van der Waals surface area contributed by atoms with Crippen LogP contribution in [0.5, 0.6) is 0 Å². The van der Waals surface area contributed by atoms with Crippen LogP contribution in [0.25, 0.3) is 0 Å². The Morgan fingerprint density at radius 3 is 2.59 bits per heavy atom. The Hall–Kier alpha value is -1.16. The number of piperidine rings is 1. The first-order chi connectivity index (χ1) is 8.33. The van der Waals surface area contributed by atoms with Crippen LogP contribution >= 0.6 is 0 Å². The highest BCUT2D eigenvalue weighted by Crippen LogP contribution is 2.35. The minimum absolute atomic E-state index is 0.362. The van der Waals surface area contributed by atoms with Crippen molar-refractivity contribution in [1.29, 1.82) is 0 Å². The maximum absolute atomic E-state index is 5.92. The number of nitrogens with zero attached hydrogens (tertiary/aromatic N) is 3. The van der Waals surface area contributed by atoms with Crippen molar-refractivity contribution < 1.29 is 0 Å². The summed E-state index contributed by atoms with van der Waals surface area (Å²) in [5, 5.41) is 0. The lowest BCUT2D eigenvalue weighted by molar-refractivity contribution is 0.409. The molecular formula is C13H20N4. The van der Waals surface area contributed by atoms with Crippen molar-refractivity contribution >= 4 is 5.95 Å². The number of hydrogen-bond acceptors (Lipinski definition) is 4. The Labute approximate surface area is 102 Å². The van der Waals surface area contributed by atoms with Gasteiger partial charge in [0.25, 0.3) is 0 Å². The van der Waals surface area contributed by atoms with Crippen LogP contribution < -0.4 is 10.6 Å². The largest absolute Gasteiger partial charge is 0.341 e. The lowest BCUT2D eigenvalue weighted by atomic mass is 9.83. The van der Waals surface area contributed by atoms with Crippen LogP contribution in [0.4, 0.5) is 5.95 Å². The van der Waals surface area contributed by atoms with Gasteiger partial charge >= 0.3 is 0 Å². The Kier molecular flexibility index (Phi) is 2.97. The minimum atomic E-state index is 0.362. The zero-order chi connectivity index (χ0) is 11.7. The third-order valence-electron chi connectivity index (χ3n) is 4.01. The summed E-state index contributed by atoms with van der Waals surface area (Å²) in [6.45, 7) is 1.99. The molecule has 0 bridgehead atoms. The van der Waals surface area contributed by atoms with E-state index < -0.39 is 0 Å². The van der Waals surface area contributed by atoms with E-state index in [2.05, 4.69) is 16.0 Å². The van der Waals surface area contributed by atoms with Crippen LogP contribution in [0.15, 0.2) is 12.3 Å². The molecule has 0 unspecified atom stereocenters. The molecule has 1 saturated carbocycles. The SMILES string of the molecule is NC1CCN(c2nccc(C3CCC3)n2)CC1. The fourth-order valence-electron chi connectivity index (χ4n) is 2.55. The molecule has 2 heterocycles. The maximum Gasteiger partial charge on any atom is 0.225 e. The molecule has 0 radical (unpaired) electrons. The van der Waals surface area contributed by atoms with Crippen molar-refractivity contribution in [2.75, 3.05) is 18.0 Å². The van der Waals surface area contributed by atoms with Crippen molar-refractivity contribution in [2.24, 2.45) is 5.73 Å². The van der Waals surface area contributed by atoms with Gasteiger partial charge in [-0.05, 0) is 31.7 Å². The Morgan fingerprint density at radius 1 is 1.18 bits per heavy atom. The van der Waals surface area contributed by atoms with Gasteiger partial charge in [0.15, 0.2) is 0 Å². The fourth-order valence-corrected chi connectivity index (χ4v) is 2.55. The quantitative estimate of drug-likeness (QED) is 0.842. The highest BCUT2D eigenvalue weighted by Gasteiger charge is 2.23. The van der Waals surface area contributed by atoms with Gasteiger partial charge in [-0.15, -0.1) is 0 Å². The first-order valence-corrected chi connectivity index (χ1v) is 6.66. The first kappa shape index (κ1) is 11.0. The van der Waals surface area contributed by atoms with Crippen molar-refractivity contribution in [3.05, 3.63) is 18.0 Å². The standard InChI is InChI=1S/C13H20N4/c14-11-5-8-17(9-6-11)13-15-7-4-12(16-13)10-2-1-3-10/h4,7,10-11H,1-3,5-6,8-9,14H2. The van der Waals surface area contributed by atoms with E-state index in [0.29, 0.717) is 12.0 Å². The first-order valence-electron chi connectivity index (χ1n) is 6.66. The molecule has 0 aromatic carbocycles. The molecule has 2 fully saturated rings. The van der Waals surface area contributed by atoms with E-state index in [1.165, 1.54) is 25.0 Å². The summed E-state index contributed by atoms with van der Waals surface area (Å²) in [5.41, 5.74) is 7.15. The molecule has 1 aliphatic heterocycles. The van der Waals surface area contributed by atoms with E-state index >= 15 is 0 Å². The fraction of sp³-hybridized carbons (Fsp3) is 0.692. The summed E-state index contributed by atoms with van der Waals surface area (Å²) in [7, 11) is 0. The summed E-state index contributed by atoms with van der Waals surface area (Å²) in [4.78, 5) is 11.4. The lowest BCUT2D eigenvalue weighted by Gasteiger charge is -2.31. The van der Waals surface area contributed by atoms with Gasteiger partial charge < -0.3 is 10.6 Å². The second kappa shape index (κ2) is 4.61. The monoisotopic (exact) mass is 232 g/mol. The molecule has 4 nitrogen and oxygen atoms in total. The average molecular weight is 232 g/mol. The Bertz CT molecular complexity index is 381. The molecule has 0 amide bonds. The number of nitrogens with two attached hydrogens (primary N) is 1. The topological polar surface area (TPSA) is 55.0 Å². The molecule has 0 spiro atoms. The third kappa shape index (κ3) is 2.27. The van der Waals surface area contributed by atoms with E-state index in [1.54, 1.807) is 0 Å². The van der Waals surface area contributed by atoms with Crippen molar-refractivity contribution in [3.8, 4) is 0 Å². The summed E-state index contributed by atoms with van der Waals surface area (Å²) in [5.74, 6) is 1.59. The predicted molar refractivity (Wildman–Crippen MR) is 68.0 cm³/mol. The van der Waals surface area contributed by atoms with Gasteiger partial charge in [-0.25, -0.2) is 9.97 Å². The zero-order valence-electron chi connectivity index (χ0n) is 10.2. The van der Waals surface area contributed by atoms with Crippen LogP contribution in [0.1, 0.15) is 43.7 Å². The van der Waals surface area contributed by atoms with Gasteiger partial charge in [0.05, 0.1) is 0 Å². The van der Waals surface area contributed by atoms with Gasteiger partial charge in [0.1, 0.15) is 0 Å². The minimum Gasteiger partial charge on any atom is -0.341 e. The van der Waals surface area contributed by atoms with E-state index in [9.17, 15) is 0 Å². The highest BCUT2D eigenvalue weighted by atomic mass is 15.3. The van der Waals surface area contributed by atoms with E-state index in [1.807, 2.05) is 6.20 Å². The van der Waals surface area contributed by atoms with E-state index in [0.717, 1.165) is 31.9 Å². The van der Waals surface area contributed by atoms with Gasteiger partial charge in [0, 0.05) is 36.9 Å². The normalized spacial score (nSPS) is 22.5. The zero-order valence-corrected chi connectivity index (χ0v) is 10.2. The molecule has 1 saturated heterocycles. The molecule has 17 heavy (non-hydrogen) atoms. The van der Waals surface area contributed by atoms with Crippen molar-refractivity contribution in [3.63, 3.8) is 0 Å². The van der Waals surface area contributed by atoms with Gasteiger partial charge in [-0.3, -0.25) is 0 Å². The third-order valence-corrected chi connectivity index (χ3v) is 4.01. The molecular weight excluding hydrogens is 212 g/mol. The molecule has 1 aliphatic carbocycles. The molecule has 1 aromatic heterocycles. The van der Waals surface area contributed by atoms with Gasteiger partial charge in [0.2, 0.25) is 5.95 Å². The number of hydrogen-bond donors (Lipinski definition) is 1. The highest BCUT2D eigenvalue weighted by molar-refractivity contribution is 5.32. The number of rotatable bonds is 2. The molecule has 0 atom stereocenters. The summed E-state index contributed by atoms with van der Waals surface area (Å²) < 4.78 is 0. The second-order valence-corrected chi connectivity index (χ2v) is 5.23. The van der Waals surface area contributed by atoms with Crippen LogP contribution in [0.2, 0.25) is 0 Å². The molecule has 3 rings (SSSR count). The van der Waals surface area contributed by atoms with Crippen molar-refractivity contribution in [1.82, 2.24) is 9.97 Å². The van der Waals surface area contributed by atoms with E-state index in [-0.39, 0.29) is 0 Å². The smallest absolute Gasteiger partial charge is 0.225 e. The molecule has 92 valence electrons. The van der Waals surface area contributed by atoms with Crippen LogP contribution in [-0.4, -0.2) is 29.1 Å². The average Bonchev–Trinajstić information content (AvgIpc) is 2.28. The van der Waals surface area contributed by atoms with Crippen molar-refractivity contribution in [2.45, 2.75) is 44.1 Å². The summed E-state index contributed by atoms with van der Waals surface area (Å²) in [6.07, 6.45) is 7.95. The molecule has 4 heteroatoms. The summed E-state index contributed by atoms with van der Waals surface area (Å²) >= 11 is 0. The molecule has 2 aliphatic rings. The maximum atomic E-state index is 5.92. The van der Waals surface area contributed by atoms with Gasteiger partial charge in [-0.2, -0.15) is 0 Å².